The fourth-order valence-electron chi connectivity index (χ4n) is 6.64. The molecule has 2 amide bonds. The fourth-order valence-corrected chi connectivity index (χ4v) is 6.64. The third kappa shape index (κ3) is 3.72. The van der Waals surface area contributed by atoms with E-state index in [-0.39, 0.29) is 30.5 Å². The quantitative estimate of drug-likeness (QED) is 0.601. The summed E-state index contributed by atoms with van der Waals surface area (Å²) in [4.78, 5) is 44.7. The number of aliphatic hydroxyl groups is 1. The van der Waals surface area contributed by atoms with E-state index in [1.54, 1.807) is 9.47 Å². The molecule has 7 heteroatoms. The molecule has 1 saturated heterocycles. The van der Waals surface area contributed by atoms with Crippen LogP contribution in [0.3, 0.4) is 0 Å². The van der Waals surface area contributed by atoms with Crippen molar-refractivity contribution in [1.82, 2.24) is 14.4 Å². The molecule has 2 aromatic carbocycles. The summed E-state index contributed by atoms with van der Waals surface area (Å²) in [5, 5.41) is 10.5. The van der Waals surface area contributed by atoms with Crippen LogP contribution >= 0.6 is 0 Å². The SMILES string of the molecule is CCC(=O)N1[C@@H]2Cn3c(ccc(-c4ccccc4)c3=O)[C@H]1[C@@H](C(=O)N1CCc3ccccc3C1)[C@@H]2CO. The Labute approximate surface area is 216 Å². The molecular weight excluding hydrogens is 466 g/mol. The first-order valence-electron chi connectivity index (χ1n) is 13.1. The van der Waals surface area contributed by atoms with Gasteiger partial charge in [0.15, 0.2) is 0 Å². The van der Waals surface area contributed by atoms with Crippen molar-refractivity contribution < 1.29 is 14.7 Å². The first-order chi connectivity index (χ1) is 18.0. The number of aliphatic hydroxyl groups excluding tert-OH is 1. The summed E-state index contributed by atoms with van der Waals surface area (Å²) < 4.78 is 1.73. The van der Waals surface area contributed by atoms with Crippen LogP contribution in [0.2, 0.25) is 0 Å². The molecule has 0 spiro atoms. The molecule has 1 N–H and O–H groups in total. The van der Waals surface area contributed by atoms with Gasteiger partial charge in [0, 0.05) is 49.8 Å². The van der Waals surface area contributed by atoms with Crippen LogP contribution < -0.4 is 5.56 Å². The lowest BCUT2D eigenvalue weighted by atomic mass is 9.85. The highest BCUT2D eigenvalue weighted by Gasteiger charge is 2.57. The van der Waals surface area contributed by atoms with E-state index in [0.29, 0.717) is 30.8 Å². The number of aromatic nitrogens is 1. The van der Waals surface area contributed by atoms with Gasteiger partial charge in [0.2, 0.25) is 11.8 Å². The second kappa shape index (κ2) is 9.30. The monoisotopic (exact) mass is 497 g/mol. The van der Waals surface area contributed by atoms with Gasteiger partial charge in [0.25, 0.3) is 5.56 Å². The fraction of sp³-hybridized carbons (Fsp3) is 0.367. The molecule has 0 unspecified atom stereocenters. The average Bonchev–Trinajstić information content (AvgIpc) is 3.19. The van der Waals surface area contributed by atoms with Gasteiger partial charge >= 0.3 is 0 Å². The number of carbonyl (C=O) groups is 2. The van der Waals surface area contributed by atoms with E-state index in [9.17, 15) is 19.5 Å². The van der Waals surface area contributed by atoms with Gasteiger partial charge in [0.1, 0.15) is 0 Å². The van der Waals surface area contributed by atoms with Crippen LogP contribution in [0.5, 0.6) is 0 Å². The maximum atomic E-state index is 14.2. The van der Waals surface area contributed by atoms with E-state index in [1.807, 2.05) is 66.4 Å². The minimum atomic E-state index is -0.605. The Morgan fingerprint density at radius 2 is 1.70 bits per heavy atom. The average molecular weight is 498 g/mol. The Balaban J connectivity index is 1.43. The highest BCUT2D eigenvalue weighted by atomic mass is 16.3. The summed E-state index contributed by atoms with van der Waals surface area (Å²) in [7, 11) is 0. The summed E-state index contributed by atoms with van der Waals surface area (Å²) in [5.74, 6) is -1.15. The van der Waals surface area contributed by atoms with E-state index in [4.69, 9.17) is 0 Å². The minimum Gasteiger partial charge on any atom is -0.396 e. The van der Waals surface area contributed by atoms with Crippen LogP contribution in [0.1, 0.15) is 36.2 Å². The second-order valence-corrected chi connectivity index (χ2v) is 10.3. The zero-order valence-corrected chi connectivity index (χ0v) is 20.9. The lowest BCUT2D eigenvalue weighted by Crippen LogP contribution is -2.49. The maximum absolute atomic E-state index is 14.2. The first-order valence-corrected chi connectivity index (χ1v) is 13.1. The van der Waals surface area contributed by atoms with Crippen LogP contribution in [0.25, 0.3) is 11.1 Å². The van der Waals surface area contributed by atoms with Crippen molar-refractivity contribution in [2.24, 2.45) is 11.8 Å². The molecule has 0 radical (unpaired) electrons. The van der Waals surface area contributed by atoms with Crippen LogP contribution in [-0.4, -0.2) is 50.5 Å². The van der Waals surface area contributed by atoms with Crippen molar-refractivity contribution >= 4 is 11.8 Å². The Morgan fingerprint density at radius 1 is 0.973 bits per heavy atom. The van der Waals surface area contributed by atoms with Gasteiger partial charge in [-0.3, -0.25) is 14.4 Å². The molecule has 2 bridgehead atoms. The van der Waals surface area contributed by atoms with Gasteiger partial charge in [-0.05, 0) is 35.2 Å². The number of rotatable bonds is 4. The van der Waals surface area contributed by atoms with Gasteiger partial charge in [-0.1, -0.05) is 61.5 Å². The third-order valence-electron chi connectivity index (χ3n) is 8.45. The number of fused-ring (bicyclic) bond motifs is 5. The van der Waals surface area contributed by atoms with E-state index in [0.717, 1.165) is 17.5 Å². The molecular formula is C30H31N3O4. The predicted molar refractivity (Wildman–Crippen MR) is 139 cm³/mol. The van der Waals surface area contributed by atoms with Gasteiger partial charge in [-0.15, -0.1) is 0 Å². The van der Waals surface area contributed by atoms with Crippen molar-refractivity contribution in [2.45, 2.75) is 44.9 Å². The Hall–Kier alpha value is -3.71. The number of hydrogen-bond acceptors (Lipinski definition) is 4. The third-order valence-corrected chi connectivity index (χ3v) is 8.45. The van der Waals surface area contributed by atoms with Crippen LogP contribution in [0.4, 0.5) is 0 Å². The van der Waals surface area contributed by atoms with E-state index in [1.165, 1.54) is 5.56 Å². The molecule has 37 heavy (non-hydrogen) atoms. The smallest absolute Gasteiger partial charge is 0.258 e. The highest BCUT2D eigenvalue weighted by molar-refractivity contribution is 5.84. The summed E-state index contributed by atoms with van der Waals surface area (Å²) in [6.45, 7) is 2.98. The molecule has 6 rings (SSSR count). The van der Waals surface area contributed by atoms with Crippen LogP contribution in [0, 0.1) is 11.8 Å². The Bertz CT molecular complexity index is 1420. The van der Waals surface area contributed by atoms with E-state index in [2.05, 4.69) is 12.1 Å². The number of benzene rings is 2. The second-order valence-electron chi connectivity index (χ2n) is 10.3. The summed E-state index contributed by atoms with van der Waals surface area (Å²) >= 11 is 0. The molecule has 3 aliphatic rings. The van der Waals surface area contributed by atoms with Crippen LogP contribution in [-0.2, 0) is 29.1 Å². The number of pyridine rings is 1. The maximum Gasteiger partial charge on any atom is 0.258 e. The number of amides is 2. The molecule has 7 nitrogen and oxygen atoms in total. The molecule has 1 fully saturated rings. The van der Waals surface area contributed by atoms with Crippen molar-refractivity contribution in [3.05, 3.63) is 93.9 Å². The molecule has 0 aliphatic carbocycles. The molecule has 1 aromatic heterocycles. The summed E-state index contributed by atoms with van der Waals surface area (Å²) in [6, 6.07) is 20.4. The summed E-state index contributed by atoms with van der Waals surface area (Å²) in [6.07, 6.45) is 1.08. The minimum absolute atomic E-state index is 0.0528. The number of nitrogens with zero attached hydrogens (tertiary/aromatic N) is 3. The van der Waals surface area contributed by atoms with E-state index >= 15 is 0 Å². The Kier molecular flexibility index (Phi) is 5.95. The van der Waals surface area contributed by atoms with Gasteiger partial charge < -0.3 is 19.5 Å². The Morgan fingerprint density at radius 3 is 2.43 bits per heavy atom. The predicted octanol–water partition coefficient (Wildman–Crippen LogP) is 3.00. The van der Waals surface area contributed by atoms with Crippen molar-refractivity contribution in [3.8, 4) is 11.1 Å². The molecule has 4 atom stereocenters. The normalized spacial score (nSPS) is 23.9. The zero-order chi connectivity index (χ0) is 25.7. The number of hydrogen-bond donors (Lipinski definition) is 1. The number of carbonyl (C=O) groups excluding carboxylic acids is 2. The van der Waals surface area contributed by atoms with E-state index < -0.39 is 23.9 Å². The largest absolute Gasteiger partial charge is 0.396 e. The highest BCUT2D eigenvalue weighted by Crippen LogP contribution is 2.49. The van der Waals surface area contributed by atoms with Crippen molar-refractivity contribution in [3.63, 3.8) is 0 Å². The van der Waals surface area contributed by atoms with Gasteiger partial charge in [-0.2, -0.15) is 0 Å². The van der Waals surface area contributed by atoms with Gasteiger partial charge in [-0.25, -0.2) is 0 Å². The first kappa shape index (κ1) is 23.7. The van der Waals surface area contributed by atoms with Crippen LogP contribution in [0.15, 0.2) is 71.5 Å². The lowest BCUT2D eigenvalue weighted by molar-refractivity contribution is -0.140. The molecule has 190 valence electrons. The topological polar surface area (TPSA) is 82.9 Å². The standard InChI is InChI=1S/C30H31N3O4/c1-2-26(35)33-25-17-32-24(13-12-22(29(32)36)20-9-4-3-5-10-20)28(33)27(23(25)18-34)30(37)31-15-14-19-8-6-7-11-21(19)16-31/h3-13,23,25,27-28,34H,2,14-18H2,1H3/t23-,25-,27+,28+/m1/s1. The molecule has 3 aliphatic heterocycles. The van der Waals surface area contributed by atoms with Crippen molar-refractivity contribution in [1.29, 1.82) is 0 Å². The molecule has 3 aromatic rings. The zero-order valence-electron chi connectivity index (χ0n) is 20.9. The lowest BCUT2D eigenvalue weighted by Gasteiger charge is -2.39. The van der Waals surface area contributed by atoms with Gasteiger partial charge in [0.05, 0.1) is 18.0 Å². The molecule has 4 heterocycles. The summed E-state index contributed by atoms with van der Waals surface area (Å²) in [5.41, 5.74) is 4.36. The van der Waals surface area contributed by atoms with Crippen molar-refractivity contribution in [2.75, 3.05) is 13.2 Å². The molecule has 0 saturated carbocycles.